The second-order valence-corrected chi connectivity index (χ2v) is 4.65. The molecule has 0 bridgehead atoms. The number of rotatable bonds is 6. The Kier molecular flexibility index (Phi) is 5.59. The fourth-order valence-corrected chi connectivity index (χ4v) is 1.75. The summed E-state index contributed by atoms with van der Waals surface area (Å²) in [7, 11) is 3.36. The molecular weight excluding hydrogens is 238 g/mol. The number of methoxy groups -OCH3 is 2. The molecule has 1 N–H and O–H groups in total. The monoisotopic (exact) mass is 257 g/mol. The maximum atomic E-state index is 6.05. The van der Waals surface area contributed by atoms with Gasteiger partial charge in [-0.25, -0.2) is 0 Å². The average molecular weight is 258 g/mol. The number of nitrogens with one attached hydrogen (secondary N) is 1. The molecule has 3 nitrogen and oxygen atoms in total. The number of hydrogen-bond donors (Lipinski definition) is 1. The van der Waals surface area contributed by atoms with Crippen LogP contribution >= 0.6 is 11.6 Å². The zero-order valence-electron chi connectivity index (χ0n) is 10.8. The van der Waals surface area contributed by atoms with E-state index in [1.165, 1.54) is 0 Å². The highest BCUT2D eigenvalue weighted by molar-refractivity contribution is 6.31. The number of halogens is 1. The van der Waals surface area contributed by atoms with Crippen LogP contribution in [0.3, 0.4) is 0 Å². The van der Waals surface area contributed by atoms with Crippen molar-refractivity contribution in [2.24, 2.45) is 5.92 Å². The molecule has 1 rings (SSSR count). The van der Waals surface area contributed by atoms with Crippen molar-refractivity contribution < 1.29 is 9.47 Å². The van der Waals surface area contributed by atoms with Gasteiger partial charge >= 0.3 is 0 Å². The van der Waals surface area contributed by atoms with Gasteiger partial charge in [0.15, 0.2) is 0 Å². The topological polar surface area (TPSA) is 30.5 Å². The predicted molar refractivity (Wildman–Crippen MR) is 72.3 cm³/mol. The van der Waals surface area contributed by atoms with E-state index in [0.717, 1.165) is 35.2 Å². The number of hydrogen-bond acceptors (Lipinski definition) is 3. The lowest BCUT2D eigenvalue weighted by Gasteiger charge is -2.16. The van der Waals surface area contributed by atoms with Gasteiger partial charge in [-0.2, -0.15) is 0 Å². The summed E-state index contributed by atoms with van der Waals surface area (Å²) >= 11 is 6.05. The van der Waals surface area contributed by atoms with Gasteiger partial charge in [0, 0.05) is 24.7 Å². The second kappa shape index (κ2) is 6.72. The molecule has 1 aromatic carbocycles. The number of aryl methyl sites for hydroxylation is 1. The lowest BCUT2D eigenvalue weighted by Crippen LogP contribution is -2.16. The fraction of sp³-hybridized carbons (Fsp3) is 0.538. The van der Waals surface area contributed by atoms with E-state index in [9.17, 15) is 0 Å². The van der Waals surface area contributed by atoms with E-state index >= 15 is 0 Å². The normalized spacial score (nSPS) is 12.3. The first kappa shape index (κ1) is 14.1. The first-order chi connectivity index (χ1) is 8.08. The summed E-state index contributed by atoms with van der Waals surface area (Å²) in [5.74, 6) is 1.21. The summed E-state index contributed by atoms with van der Waals surface area (Å²) in [4.78, 5) is 0. The van der Waals surface area contributed by atoms with Crippen molar-refractivity contribution in [2.75, 3.05) is 32.7 Å². The second-order valence-electron chi connectivity index (χ2n) is 4.24. The molecule has 0 aromatic heterocycles. The number of anilines is 1. The molecule has 0 radical (unpaired) electrons. The third-order valence-corrected chi connectivity index (χ3v) is 2.98. The van der Waals surface area contributed by atoms with Crippen molar-refractivity contribution in [1.29, 1.82) is 0 Å². The average Bonchev–Trinajstić information content (AvgIpc) is 2.30. The molecule has 1 aromatic rings. The molecule has 0 fully saturated rings. The van der Waals surface area contributed by atoms with Crippen LogP contribution in [0.1, 0.15) is 12.5 Å². The summed E-state index contributed by atoms with van der Waals surface area (Å²) in [6, 6.07) is 3.83. The third-order valence-electron chi connectivity index (χ3n) is 2.57. The van der Waals surface area contributed by atoms with Gasteiger partial charge in [-0.05, 0) is 24.5 Å². The molecule has 4 heteroatoms. The van der Waals surface area contributed by atoms with Crippen molar-refractivity contribution in [3.05, 3.63) is 22.7 Å². The minimum Gasteiger partial charge on any atom is -0.495 e. The van der Waals surface area contributed by atoms with Gasteiger partial charge in [0.25, 0.3) is 0 Å². The highest BCUT2D eigenvalue weighted by Gasteiger charge is 2.08. The predicted octanol–water partition coefficient (Wildman–Crippen LogP) is 3.35. The highest BCUT2D eigenvalue weighted by atomic mass is 35.5. The fourth-order valence-electron chi connectivity index (χ4n) is 1.60. The maximum absolute atomic E-state index is 6.05. The first-order valence-corrected chi connectivity index (χ1v) is 6.03. The quantitative estimate of drug-likeness (QED) is 0.848. The molecule has 0 saturated carbocycles. The molecule has 0 amide bonds. The molecule has 17 heavy (non-hydrogen) atoms. The zero-order chi connectivity index (χ0) is 12.8. The Morgan fingerprint density at radius 2 is 2.06 bits per heavy atom. The van der Waals surface area contributed by atoms with Crippen LogP contribution in [0, 0.1) is 12.8 Å². The zero-order valence-corrected chi connectivity index (χ0v) is 11.6. The minimum absolute atomic E-state index is 0.445. The minimum atomic E-state index is 0.445. The summed E-state index contributed by atoms with van der Waals surface area (Å²) in [6.07, 6.45) is 0. The van der Waals surface area contributed by atoms with Crippen molar-refractivity contribution in [1.82, 2.24) is 0 Å². The molecular formula is C13H20ClNO2. The Morgan fingerprint density at radius 3 is 2.65 bits per heavy atom. The van der Waals surface area contributed by atoms with Gasteiger partial charge in [0.1, 0.15) is 5.75 Å². The van der Waals surface area contributed by atoms with Crippen molar-refractivity contribution >= 4 is 17.3 Å². The van der Waals surface area contributed by atoms with Crippen LogP contribution in [-0.2, 0) is 4.74 Å². The Labute approximate surface area is 108 Å². The molecule has 0 aliphatic heterocycles. The standard InChI is InChI=1S/C13H20ClNO2/c1-9(8-16-3)7-15-12-5-10(2)11(14)6-13(12)17-4/h5-6,9,15H,7-8H2,1-4H3. The van der Waals surface area contributed by atoms with Crippen LogP contribution in [0.25, 0.3) is 0 Å². The first-order valence-electron chi connectivity index (χ1n) is 5.65. The summed E-state index contributed by atoms with van der Waals surface area (Å²) in [5, 5.41) is 4.07. The smallest absolute Gasteiger partial charge is 0.143 e. The molecule has 0 saturated heterocycles. The van der Waals surface area contributed by atoms with E-state index in [1.54, 1.807) is 14.2 Å². The molecule has 0 heterocycles. The van der Waals surface area contributed by atoms with Gasteiger partial charge < -0.3 is 14.8 Å². The Hall–Kier alpha value is -0.930. The Morgan fingerprint density at radius 1 is 1.35 bits per heavy atom. The highest BCUT2D eigenvalue weighted by Crippen LogP contribution is 2.30. The van der Waals surface area contributed by atoms with E-state index in [2.05, 4.69) is 12.2 Å². The van der Waals surface area contributed by atoms with Crippen LogP contribution in [0.15, 0.2) is 12.1 Å². The van der Waals surface area contributed by atoms with Crippen LogP contribution in [0.5, 0.6) is 5.75 Å². The van der Waals surface area contributed by atoms with Crippen molar-refractivity contribution in [3.8, 4) is 5.75 Å². The van der Waals surface area contributed by atoms with Gasteiger partial charge in [-0.15, -0.1) is 0 Å². The van der Waals surface area contributed by atoms with E-state index < -0.39 is 0 Å². The van der Waals surface area contributed by atoms with Gasteiger partial charge in [-0.1, -0.05) is 18.5 Å². The third kappa shape index (κ3) is 4.10. The summed E-state index contributed by atoms with van der Waals surface area (Å²) in [6.45, 7) is 5.68. The summed E-state index contributed by atoms with van der Waals surface area (Å²) in [5.41, 5.74) is 2.01. The summed E-state index contributed by atoms with van der Waals surface area (Å²) < 4.78 is 10.4. The lowest BCUT2D eigenvalue weighted by atomic mass is 10.1. The molecule has 1 unspecified atom stereocenters. The van der Waals surface area contributed by atoms with Crippen LogP contribution in [0.4, 0.5) is 5.69 Å². The van der Waals surface area contributed by atoms with E-state index in [1.807, 2.05) is 19.1 Å². The number of benzene rings is 1. The van der Waals surface area contributed by atoms with Gasteiger partial charge in [-0.3, -0.25) is 0 Å². The SMILES string of the molecule is COCC(C)CNc1cc(C)c(Cl)cc1OC. The molecule has 1 atom stereocenters. The molecule has 0 aliphatic rings. The van der Waals surface area contributed by atoms with Crippen molar-refractivity contribution in [2.45, 2.75) is 13.8 Å². The molecule has 0 spiro atoms. The van der Waals surface area contributed by atoms with Crippen LogP contribution in [-0.4, -0.2) is 27.4 Å². The van der Waals surface area contributed by atoms with Gasteiger partial charge in [0.05, 0.1) is 19.4 Å². The van der Waals surface area contributed by atoms with E-state index in [4.69, 9.17) is 21.1 Å². The van der Waals surface area contributed by atoms with Crippen LogP contribution < -0.4 is 10.1 Å². The van der Waals surface area contributed by atoms with E-state index in [-0.39, 0.29) is 0 Å². The maximum Gasteiger partial charge on any atom is 0.143 e. The van der Waals surface area contributed by atoms with E-state index in [0.29, 0.717) is 5.92 Å². The number of ether oxygens (including phenoxy) is 2. The van der Waals surface area contributed by atoms with Crippen molar-refractivity contribution in [3.63, 3.8) is 0 Å². The van der Waals surface area contributed by atoms with Crippen LogP contribution in [0.2, 0.25) is 5.02 Å². The molecule has 0 aliphatic carbocycles. The Balaban J connectivity index is 2.72. The lowest BCUT2D eigenvalue weighted by molar-refractivity contribution is 0.164. The Bertz CT molecular complexity index is 369. The largest absolute Gasteiger partial charge is 0.495 e. The van der Waals surface area contributed by atoms with Gasteiger partial charge in [0.2, 0.25) is 0 Å². The molecule has 96 valence electrons.